The number of benzene rings is 1. The summed E-state index contributed by atoms with van der Waals surface area (Å²) in [6, 6.07) is 9.72. The van der Waals surface area contributed by atoms with Crippen LogP contribution in [0.25, 0.3) is 11.0 Å². The number of rotatable bonds is 5. The lowest BCUT2D eigenvalue weighted by atomic mass is 10.0. The van der Waals surface area contributed by atoms with Gasteiger partial charge in [-0.15, -0.1) is 0 Å². The Morgan fingerprint density at radius 2 is 2.00 bits per heavy atom. The molecular weight excluding hydrogens is 319 g/mol. The number of hydrogen-bond acceptors (Lipinski definition) is 5. The monoisotopic (exact) mass is 340 g/mol. The number of aromatic amines is 1. The van der Waals surface area contributed by atoms with Crippen LogP contribution in [0.4, 0.5) is 10.2 Å². The molecule has 2 N–H and O–H groups in total. The first-order valence-electron chi connectivity index (χ1n) is 8.61. The van der Waals surface area contributed by atoms with E-state index in [0.717, 1.165) is 48.3 Å². The van der Waals surface area contributed by atoms with Crippen LogP contribution in [-0.2, 0) is 0 Å². The van der Waals surface area contributed by atoms with Crippen molar-refractivity contribution in [1.82, 2.24) is 25.1 Å². The highest BCUT2D eigenvalue weighted by Crippen LogP contribution is 2.23. The van der Waals surface area contributed by atoms with Crippen LogP contribution in [0.1, 0.15) is 24.6 Å². The van der Waals surface area contributed by atoms with Gasteiger partial charge in [0.1, 0.15) is 18.3 Å². The zero-order chi connectivity index (χ0) is 17.1. The summed E-state index contributed by atoms with van der Waals surface area (Å²) in [6.07, 6.45) is 4.26. The van der Waals surface area contributed by atoms with Crippen molar-refractivity contribution in [3.63, 3.8) is 0 Å². The maximum absolute atomic E-state index is 14.4. The molecule has 0 bridgehead atoms. The molecule has 0 amide bonds. The molecule has 130 valence electrons. The Labute approximate surface area is 145 Å². The third kappa shape index (κ3) is 3.61. The predicted octanol–water partition coefficient (Wildman–Crippen LogP) is 2.94. The summed E-state index contributed by atoms with van der Waals surface area (Å²) in [6.45, 7) is 2.21. The number of nitrogens with one attached hydrogen (secondary N) is 2. The van der Waals surface area contributed by atoms with Gasteiger partial charge in [0.05, 0.1) is 11.6 Å². The molecule has 6 nitrogen and oxygen atoms in total. The summed E-state index contributed by atoms with van der Waals surface area (Å²) in [5, 5.41) is 11.2. The minimum atomic E-state index is -0.932. The lowest BCUT2D eigenvalue weighted by Gasteiger charge is -2.33. The number of fused-ring (bicyclic) bond motifs is 1. The Morgan fingerprint density at radius 1 is 1.20 bits per heavy atom. The normalized spacial score (nSPS) is 17.6. The van der Waals surface area contributed by atoms with Crippen molar-refractivity contribution in [2.24, 2.45) is 0 Å². The predicted molar refractivity (Wildman–Crippen MR) is 95.1 cm³/mol. The zero-order valence-electron chi connectivity index (χ0n) is 13.9. The van der Waals surface area contributed by atoms with E-state index in [0.29, 0.717) is 12.6 Å². The van der Waals surface area contributed by atoms with E-state index >= 15 is 0 Å². The van der Waals surface area contributed by atoms with Gasteiger partial charge in [0.2, 0.25) is 0 Å². The highest BCUT2D eigenvalue weighted by Gasteiger charge is 2.23. The molecule has 7 heteroatoms. The SMILES string of the molecule is FC(CN1CCC(Nc2ncnc3[nH]ncc23)CC1)c1ccccc1. The van der Waals surface area contributed by atoms with Crippen molar-refractivity contribution in [3.05, 3.63) is 48.4 Å². The maximum atomic E-state index is 14.4. The lowest BCUT2D eigenvalue weighted by Crippen LogP contribution is -2.40. The van der Waals surface area contributed by atoms with Crippen LogP contribution < -0.4 is 5.32 Å². The fourth-order valence-electron chi connectivity index (χ4n) is 3.33. The molecule has 1 atom stereocenters. The Kier molecular flexibility index (Phi) is 4.56. The van der Waals surface area contributed by atoms with Gasteiger partial charge in [-0.2, -0.15) is 5.10 Å². The first kappa shape index (κ1) is 16.0. The molecule has 0 spiro atoms. The fraction of sp³-hybridized carbons (Fsp3) is 0.389. The summed E-state index contributed by atoms with van der Waals surface area (Å²) < 4.78 is 14.4. The van der Waals surface area contributed by atoms with Gasteiger partial charge in [0.15, 0.2) is 5.65 Å². The molecule has 1 aromatic carbocycles. The van der Waals surface area contributed by atoms with Crippen molar-refractivity contribution in [1.29, 1.82) is 0 Å². The molecule has 3 heterocycles. The van der Waals surface area contributed by atoms with E-state index in [1.165, 1.54) is 6.33 Å². The number of H-pyrrole nitrogens is 1. The van der Waals surface area contributed by atoms with E-state index in [9.17, 15) is 4.39 Å². The van der Waals surface area contributed by atoms with Gasteiger partial charge in [-0.05, 0) is 18.4 Å². The van der Waals surface area contributed by atoms with Crippen LogP contribution in [0, 0.1) is 0 Å². The minimum Gasteiger partial charge on any atom is -0.367 e. The average Bonchev–Trinajstić information content (AvgIpc) is 3.14. The maximum Gasteiger partial charge on any atom is 0.160 e. The summed E-state index contributed by atoms with van der Waals surface area (Å²) in [4.78, 5) is 10.7. The van der Waals surface area contributed by atoms with Crippen molar-refractivity contribution < 1.29 is 4.39 Å². The van der Waals surface area contributed by atoms with Gasteiger partial charge in [-0.3, -0.25) is 10.00 Å². The molecule has 1 aliphatic rings. The molecule has 2 aromatic heterocycles. The highest BCUT2D eigenvalue weighted by atomic mass is 19.1. The van der Waals surface area contributed by atoms with E-state index < -0.39 is 6.17 Å². The quantitative estimate of drug-likeness (QED) is 0.747. The fourth-order valence-corrected chi connectivity index (χ4v) is 3.33. The Morgan fingerprint density at radius 3 is 2.80 bits per heavy atom. The molecular formula is C18H21FN6. The summed E-state index contributed by atoms with van der Waals surface area (Å²) >= 11 is 0. The molecule has 3 aromatic rings. The van der Waals surface area contributed by atoms with Crippen LogP contribution in [0.15, 0.2) is 42.9 Å². The largest absolute Gasteiger partial charge is 0.367 e. The van der Waals surface area contributed by atoms with E-state index in [1.54, 1.807) is 6.20 Å². The van der Waals surface area contributed by atoms with Gasteiger partial charge in [0, 0.05) is 25.7 Å². The third-order valence-electron chi connectivity index (χ3n) is 4.76. The molecule has 1 aliphatic heterocycles. The summed E-state index contributed by atoms with van der Waals surface area (Å²) in [5.74, 6) is 0.810. The standard InChI is InChI=1S/C18H21FN6/c19-16(13-4-2-1-3-5-13)11-25-8-6-14(7-9-25)23-17-15-10-22-24-18(15)21-12-20-17/h1-5,10,12,14,16H,6-9,11H2,(H2,20,21,22,23,24). The summed E-state index contributed by atoms with van der Waals surface area (Å²) in [5.41, 5.74) is 1.49. The van der Waals surface area contributed by atoms with Crippen LogP contribution in [-0.4, -0.2) is 50.7 Å². The molecule has 0 saturated carbocycles. The van der Waals surface area contributed by atoms with Crippen LogP contribution in [0.5, 0.6) is 0 Å². The third-order valence-corrected chi connectivity index (χ3v) is 4.76. The summed E-state index contributed by atoms with van der Waals surface area (Å²) in [7, 11) is 0. The van der Waals surface area contributed by atoms with Gasteiger partial charge in [-0.1, -0.05) is 30.3 Å². The molecule has 25 heavy (non-hydrogen) atoms. The molecule has 1 unspecified atom stereocenters. The number of halogens is 1. The minimum absolute atomic E-state index is 0.332. The van der Waals surface area contributed by atoms with Gasteiger partial charge in [0.25, 0.3) is 0 Å². The first-order chi connectivity index (χ1) is 12.3. The van der Waals surface area contributed by atoms with Gasteiger partial charge < -0.3 is 5.32 Å². The molecule has 0 radical (unpaired) electrons. The van der Waals surface area contributed by atoms with Crippen LogP contribution in [0.3, 0.4) is 0 Å². The van der Waals surface area contributed by atoms with Crippen molar-refractivity contribution in [2.75, 3.05) is 25.0 Å². The van der Waals surface area contributed by atoms with Gasteiger partial charge >= 0.3 is 0 Å². The number of nitrogens with zero attached hydrogens (tertiary/aromatic N) is 4. The Balaban J connectivity index is 1.32. The highest BCUT2D eigenvalue weighted by molar-refractivity contribution is 5.85. The van der Waals surface area contributed by atoms with Crippen molar-refractivity contribution in [3.8, 4) is 0 Å². The van der Waals surface area contributed by atoms with Crippen molar-refractivity contribution >= 4 is 16.9 Å². The average molecular weight is 340 g/mol. The van der Waals surface area contributed by atoms with Crippen LogP contribution in [0.2, 0.25) is 0 Å². The Hall–Kier alpha value is -2.54. The smallest absolute Gasteiger partial charge is 0.160 e. The molecule has 4 rings (SSSR count). The molecule has 1 saturated heterocycles. The van der Waals surface area contributed by atoms with Crippen molar-refractivity contribution in [2.45, 2.75) is 25.1 Å². The molecule has 1 fully saturated rings. The topological polar surface area (TPSA) is 69.7 Å². The van der Waals surface area contributed by atoms with E-state index in [2.05, 4.69) is 30.4 Å². The second-order valence-corrected chi connectivity index (χ2v) is 6.45. The number of aromatic nitrogens is 4. The van der Waals surface area contributed by atoms with Gasteiger partial charge in [-0.25, -0.2) is 14.4 Å². The number of alkyl halides is 1. The number of anilines is 1. The Bertz CT molecular complexity index is 813. The zero-order valence-corrected chi connectivity index (χ0v) is 13.9. The van der Waals surface area contributed by atoms with E-state index in [4.69, 9.17) is 0 Å². The number of hydrogen-bond donors (Lipinski definition) is 2. The number of likely N-dealkylation sites (tertiary alicyclic amines) is 1. The molecule has 0 aliphatic carbocycles. The lowest BCUT2D eigenvalue weighted by molar-refractivity contribution is 0.162. The second kappa shape index (κ2) is 7.14. The second-order valence-electron chi connectivity index (χ2n) is 6.45. The number of piperidine rings is 1. The van der Waals surface area contributed by atoms with E-state index in [-0.39, 0.29) is 0 Å². The van der Waals surface area contributed by atoms with E-state index in [1.807, 2.05) is 30.3 Å². The van der Waals surface area contributed by atoms with Crippen LogP contribution >= 0.6 is 0 Å². The first-order valence-corrected chi connectivity index (χ1v) is 8.61.